The van der Waals surface area contributed by atoms with E-state index in [9.17, 15) is 0 Å². The topological polar surface area (TPSA) is 74.7 Å². The number of amidine groups is 1. The molecule has 0 aromatic carbocycles. The molecule has 0 fully saturated rings. The molecule has 0 saturated heterocycles. The smallest absolute Gasteiger partial charge is 0.188 e. The van der Waals surface area contributed by atoms with Gasteiger partial charge in [-0.1, -0.05) is 5.16 Å². The fraction of sp³-hybridized carbons (Fsp3) is 0.167. The summed E-state index contributed by atoms with van der Waals surface area (Å²) in [7, 11) is 1.99. The molecule has 0 saturated carbocycles. The van der Waals surface area contributed by atoms with E-state index >= 15 is 0 Å². The van der Waals surface area contributed by atoms with Crippen LogP contribution < -0.4 is 10.6 Å². The standard InChI is InChI=1S/C12H13BrN4OS/c1-17(6-10-4-8(13)7-19-10)9-2-3-15-11(5-9)12(14)16-18/h2-5,7,18H,6H2,1H3,(H2,14,16). The van der Waals surface area contributed by atoms with Crippen LogP contribution in [0.25, 0.3) is 0 Å². The van der Waals surface area contributed by atoms with Crippen LogP contribution in [0.3, 0.4) is 0 Å². The largest absolute Gasteiger partial charge is 0.409 e. The zero-order valence-electron chi connectivity index (χ0n) is 10.2. The number of nitrogens with zero attached hydrogens (tertiary/aromatic N) is 3. The molecule has 3 N–H and O–H groups in total. The Morgan fingerprint density at radius 2 is 2.37 bits per heavy atom. The Kier molecular flexibility index (Phi) is 4.39. The lowest BCUT2D eigenvalue weighted by Crippen LogP contribution is -2.19. The Labute approximate surface area is 123 Å². The lowest BCUT2D eigenvalue weighted by atomic mass is 10.2. The van der Waals surface area contributed by atoms with Gasteiger partial charge in [0, 0.05) is 33.7 Å². The minimum atomic E-state index is 0.00844. The number of thiophene rings is 1. The molecule has 0 amide bonds. The third-order valence-corrected chi connectivity index (χ3v) is 4.25. The summed E-state index contributed by atoms with van der Waals surface area (Å²) in [6.07, 6.45) is 1.64. The van der Waals surface area contributed by atoms with E-state index in [0.717, 1.165) is 16.7 Å². The molecule has 0 aliphatic carbocycles. The van der Waals surface area contributed by atoms with Gasteiger partial charge >= 0.3 is 0 Å². The third-order valence-electron chi connectivity index (χ3n) is 2.57. The number of oxime groups is 1. The summed E-state index contributed by atoms with van der Waals surface area (Å²) in [5.74, 6) is 0.00844. The van der Waals surface area contributed by atoms with Crippen molar-refractivity contribution in [1.82, 2.24) is 4.98 Å². The first-order valence-electron chi connectivity index (χ1n) is 5.48. The van der Waals surface area contributed by atoms with Crippen molar-refractivity contribution < 1.29 is 5.21 Å². The maximum Gasteiger partial charge on any atom is 0.188 e. The van der Waals surface area contributed by atoms with E-state index in [0.29, 0.717) is 5.69 Å². The van der Waals surface area contributed by atoms with Crippen molar-refractivity contribution in [2.75, 3.05) is 11.9 Å². The van der Waals surface area contributed by atoms with Gasteiger partial charge in [-0.05, 0) is 34.1 Å². The predicted molar refractivity (Wildman–Crippen MR) is 80.9 cm³/mol. The molecule has 0 aliphatic heterocycles. The summed E-state index contributed by atoms with van der Waals surface area (Å²) in [6, 6.07) is 5.77. The molecule has 0 unspecified atom stereocenters. The first-order valence-corrected chi connectivity index (χ1v) is 7.15. The lowest BCUT2D eigenvalue weighted by Gasteiger charge is -2.18. The summed E-state index contributed by atoms with van der Waals surface area (Å²) in [4.78, 5) is 7.38. The van der Waals surface area contributed by atoms with E-state index in [2.05, 4.69) is 42.4 Å². The summed E-state index contributed by atoms with van der Waals surface area (Å²) < 4.78 is 1.09. The number of nitrogens with two attached hydrogens (primary N) is 1. The SMILES string of the molecule is CN(Cc1cc(Br)cs1)c1ccnc(/C(N)=N/O)c1. The Bertz CT molecular complexity index is 599. The van der Waals surface area contributed by atoms with Gasteiger partial charge in [-0.3, -0.25) is 4.98 Å². The summed E-state index contributed by atoms with van der Waals surface area (Å²) >= 11 is 5.14. The second kappa shape index (κ2) is 6.03. The Balaban J connectivity index is 2.17. The second-order valence-corrected chi connectivity index (χ2v) is 5.88. The van der Waals surface area contributed by atoms with Crippen LogP contribution in [0.15, 0.2) is 39.4 Å². The number of aromatic nitrogens is 1. The molecule has 2 rings (SSSR count). The number of halogens is 1. The first kappa shape index (κ1) is 13.8. The van der Waals surface area contributed by atoms with Gasteiger partial charge in [0.25, 0.3) is 0 Å². The number of anilines is 1. The number of pyridine rings is 1. The Morgan fingerprint density at radius 1 is 1.58 bits per heavy atom. The van der Waals surface area contributed by atoms with E-state index in [1.54, 1.807) is 23.6 Å². The van der Waals surface area contributed by atoms with Gasteiger partial charge in [0.15, 0.2) is 5.84 Å². The molecule has 0 aliphatic rings. The van der Waals surface area contributed by atoms with Crippen molar-refractivity contribution >= 4 is 38.8 Å². The highest BCUT2D eigenvalue weighted by molar-refractivity contribution is 9.10. The molecule has 0 spiro atoms. The zero-order chi connectivity index (χ0) is 13.8. The van der Waals surface area contributed by atoms with Gasteiger partial charge in [-0.25, -0.2) is 0 Å². The van der Waals surface area contributed by atoms with Crippen molar-refractivity contribution in [1.29, 1.82) is 0 Å². The molecule has 0 atom stereocenters. The molecule has 5 nitrogen and oxygen atoms in total. The van der Waals surface area contributed by atoms with Crippen molar-refractivity contribution in [2.45, 2.75) is 6.54 Å². The van der Waals surface area contributed by atoms with E-state index in [1.165, 1.54) is 4.88 Å². The maximum atomic E-state index is 8.66. The van der Waals surface area contributed by atoms with Crippen molar-refractivity contribution in [3.63, 3.8) is 0 Å². The molecule has 0 radical (unpaired) electrons. The predicted octanol–water partition coefficient (Wildman–Crippen LogP) is 2.64. The minimum Gasteiger partial charge on any atom is -0.409 e. The Hall–Kier alpha value is -1.60. The quantitative estimate of drug-likeness (QED) is 0.388. The van der Waals surface area contributed by atoms with E-state index in [-0.39, 0.29) is 5.84 Å². The monoisotopic (exact) mass is 340 g/mol. The number of hydrogen-bond donors (Lipinski definition) is 2. The van der Waals surface area contributed by atoms with Crippen LogP contribution in [0.4, 0.5) is 5.69 Å². The van der Waals surface area contributed by atoms with E-state index < -0.39 is 0 Å². The normalized spacial score (nSPS) is 11.6. The molecule has 0 bridgehead atoms. The van der Waals surface area contributed by atoms with Crippen LogP contribution in [-0.2, 0) is 6.54 Å². The third kappa shape index (κ3) is 3.45. The van der Waals surface area contributed by atoms with Crippen molar-refractivity contribution in [2.24, 2.45) is 10.9 Å². The average molecular weight is 341 g/mol. The highest BCUT2D eigenvalue weighted by Crippen LogP contribution is 2.23. The highest BCUT2D eigenvalue weighted by atomic mass is 79.9. The van der Waals surface area contributed by atoms with Gasteiger partial charge < -0.3 is 15.8 Å². The fourth-order valence-electron chi connectivity index (χ4n) is 1.61. The number of hydrogen-bond acceptors (Lipinski definition) is 5. The summed E-state index contributed by atoms with van der Waals surface area (Å²) in [5.41, 5.74) is 6.95. The minimum absolute atomic E-state index is 0.00844. The molecule has 100 valence electrons. The van der Waals surface area contributed by atoms with Crippen LogP contribution >= 0.6 is 27.3 Å². The molecule has 19 heavy (non-hydrogen) atoms. The van der Waals surface area contributed by atoms with Gasteiger partial charge in [-0.15, -0.1) is 11.3 Å². The van der Waals surface area contributed by atoms with Gasteiger partial charge in [0.1, 0.15) is 5.69 Å². The molecular formula is C12H13BrN4OS. The molecule has 2 aromatic heterocycles. The molecular weight excluding hydrogens is 328 g/mol. The van der Waals surface area contributed by atoms with Crippen LogP contribution in [0, 0.1) is 0 Å². The number of rotatable bonds is 4. The molecule has 2 aromatic rings. The first-order chi connectivity index (χ1) is 9.10. The summed E-state index contributed by atoms with van der Waals surface area (Å²) in [5, 5.41) is 13.7. The molecule has 2 heterocycles. The van der Waals surface area contributed by atoms with Gasteiger partial charge in [0.05, 0.1) is 6.54 Å². The van der Waals surface area contributed by atoms with E-state index in [1.807, 2.05) is 13.1 Å². The van der Waals surface area contributed by atoms with Crippen LogP contribution in [0.1, 0.15) is 10.6 Å². The van der Waals surface area contributed by atoms with Crippen molar-refractivity contribution in [3.8, 4) is 0 Å². The van der Waals surface area contributed by atoms with E-state index in [4.69, 9.17) is 10.9 Å². The Morgan fingerprint density at radius 3 is 3.00 bits per heavy atom. The van der Waals surface area contributed by atoms with Gasteiger partial charge in [0.2, 0.25) is 0 Å². The van der Waals surface area contributed by atoms with Crippen molar-refractivity contribution in [3.05, 3.63) is 44.8 Å². The van der Waals surface area contributed by atoms with Crippen LogP contribution in [0.2, 0.25) is 0 Å². The van der Waals surface area contributed by atoms with Gasteiger partial charge in [-0.2, -0.15) is 0 Å². The average Bonchev–Trinajstić information content (AvgIpc) is 2.83. The van der Waals surface area contributed by atoms with Crippen LogP contribution in [0.5, 0.6) is 0 Å². The second-order valence-electron chi connectivity index (χ2n) is 3.97. The molecule has 7 heteroatoms. The fourth-order valence-corrected chi connectivity index (χ4v) is 3.11. The summed E-state index contributed by atoms with van der Waals surface area (Å²) in [6.45, 7) is 0.788. The highest BCUT2D eigenvalue weighted by Gasteiger charge is 2.07. The lowest BCUT2D eigenvalue weighted by molar-refractivity contribution is 0.318. The zero-order valence-corrected chi connectivity index (χ0v) is 12.6. The van der Waals surface area contributed by atoms with Crippen LogP contribution in [-0.4, -0.2) is 23.1 Å². The maximum absolute atomic E-state index is 8.66.